The van der Waals surface area contributed by atoms with Gasteiger partial charge in [0.2, 0.25) is 0 Å². The van der Waals surface area contributed by atoms with Crippen LogP contribution in [0.25, 0.3) is 0 Å². The van der Waals surface area contributed by atoms with E-state index in [1.807, 2.05) is 0 Å². The largest absolute Gasteiger partial charge is 0.494 e. The van der Waals surface area contributed by atoms with E-state index in [0.29, 0.717) is 11.5 Å². The Morgan fingerprint density at radius 2 is 2.21 bits per heavy atom. The minimum absolute atomic E-state index is 0.0915. The minimum atomic E-state index is -0.422. The number of benzene rings is 1. The molecule has 0 saturated heterocycles. The predicted octanol–water partition coefficient (Wildman–Crippen LogP) is 4.23. The summed E-state index contributed by atoms with van der Waals surface area (Å²) in [5.74, 6) is 0.609. The molecule has 3 heteroatoms. The molecule has 0 amide bonds. The van der Waals surface area contributed by atoms with E-state index >= 15 is 0 Å². The van der Waals surface area contributed by atoms with Crippen LogP contribution in [0.2, 0.25) is 0 Å². The number of hydrogen-bond donors (Lipinski definition) is 0. The molecule has 2 unspecified atom stereocenters. The van der Waals surface area contributed by atoms with Crippen LogP contribution in [0, 0.1) is 17.7 Å². The monoisotopic (exact) mass is 264 g/mol. The van der Waals surface area contributed by atoms with Crippen molar-refractivity contribution < 1.29 is 13.9 Å². The number of hydrogen-bond acceptors (Lipinski definition) is 2. The number of methoxy groups -OCH3 is 1. The van der Waals surface area contributed by atoms with Gasteiger partial charge in [0.05, 0.1) is 7.11 Å². The molecule has 1 fully saturated rings. The summed E-state index contributed by atoms with van der Waals surface area (Å²) < 4.78 is 18.3. The van der Waals surface area contributed by atoms with Crippen LogP contribution in [0.5, 0.6) is 5.75 Å². The molecule has 2 atom stereocenters. The van der Waals surface area contributed by atoms with Gasteiger partial charge >= 0.3 is 0 Å². The fourth-order valence-electron chi connectivity index (χ4n) is 2.95. The average Bonchev–Trinajstić information content (AvgIpc) is 2.47. The van der Waals surface area contributed by atoms with Gasteiger partial charge in [0.1, 0.15) is 0 Å². The Kier molecular flexibility index (Phi) is 4.56. The molecule has 0 aliphatic heterocycles. The highest BCUT2D eigenvalue weighted by Crippen LogP contribution is 2.33. The van der Waals surface area contributed by atoms with E-state index in [0.717, 1.165) is 25.7 Å². The van der Waals surface area contributed by atoms with E-state index in [1.54, 1.807) is 6.07 Å². The summed E-state index contributed by atoms with van der Waals surface area (Å²) in [7, 11) is 1.42. The van der Waals surface area contributed by atoms with E-state index in [2.05, 4.69) is 6.92 Å². The van der Waals surface area contributed by atoms with Crippen molar-refractivity contribution in [1.29, 1.82) is 0 Å². The summed E-state index contributed by atoms with van der Waals surface area (Å²) in [5, 5.41) is 0. The van der Waals surface area contributed by atoms with Gasteiger partial charge in [0, 0.05) is 11.5 Å². The van der Waals surface area contributed by atoms with Crippen LogP contribution < -0.4 is 4.74 Å². The molecule has 0 heterocycles. The van der Waals surface area contributed by atoms with E-state index in [4.69, 9.17) is 4.74 Å². The molecule has 0 N–H and O–H groups in total. The molecule has 2 nitrogen and oxygen atoms in total. The fraction of sp³-hybridized carbons (Fsp3) is 0.562. The summed E-state index contributed by atoms with van der Waals surface area (Å²) >= 11 is 0. The lowest BCUT2D eigenvalue weighted by Crippen LogP contribution is -2.22. The van der Waals surface area contributed by atoms with E-state index in [9.17, 15) is 9.18 Å². The van der Waals surface area contributed by atoms with Crippen molar-refractivity contribution in [3.63, 3.8) is 0 Å². The van der Waals surface area contributed by atoms with Crippen molar-refractivity contribution in [3.8, 4) is 5.75 Å². The molecule has 19 heavy (non-hydrogen) atoms. The van der Waals surface area contributed by atoms with Crippen molar-refractivity contribution in [2.45, 2.75) is 39.0 Å². The number of ether oxygens (including phenoxy) is 1. The highest BCUT2D eigenvalue weighted by atomic mass is 19.1. The van der Waals surface area contributed by atoms with Gasteiger partial charge in [0.25, 0.3) is 0 Å². The molecule has 1 aromatic carbocycles. The molecule has 1 aromatic rings. The third-order valence-corrected chi connectivity index (χ3v) is 4.17. The van der Waals surface area contributed by atoms with Crippen LogP contribution in [0.15, 0.2) is 18.2 Å². The summed E-state index contributed by atoms with van der Waals surface area (Å²) in [4.78, 5) is 12.5. The number of carbonyl (C=O) groups is 1. The zero-order valence-electron chi connectivity index (χ0n) is 11.6. The van der Waals surface area contributed by atoms with E-state index < -0.39 is 5.82 Å². The summed E-state index contributed by atoms with van der Waals surface area (Å²) in [6, 6.07) is 4.40. The lowest BCUT2D eigenvalue weighted by Gasteiger charge is -2.27. The molecule has 104 valence electrons. The summed E-state index contributed by atoms with van der Waals surface area (Å²) in [6.07, 6.45) is 5.40. The van der Waals surface area contributed by atoms with Crippen LogP contribution in [-0.2, 0) is 0 Å². The number of rotatable bonds is 4. The predicted molar refractivity (Wildman–Crippen MR) is 73.0 cm³/mol. The van der Waals surface area contributed by atoms with Gasteiger partial charge in [-0.3, -0.25) is 4.79 Å². The van der Waals surface area contributed by atoms with Crippen LogP contribution in [0.4, 0.5) is 4.39 Å². The van der Waals surface area contributed by atoms with Crippen molar-refractivity contribution >= 4 is 5.78 Å². The van der Waals surface area contributed by atoms with Crippen molar-refractivity contribution in [1.82, 2.24) is 0 Å². The standard InChI is InChI=1S/C16H21FO2/c1-3-11-5-4-6-12(9-11)16(18)13-7-8-14(17)15(10-13)19-2/h7-8,10-12H,3-6,9H2,1-2H3. The number of Topliss-reactive ketones (excluding diaryl/α,β-unsaturated/α-hetero) is 1. The van der Waals surface area contributed by atoms with Crippen molar-refractivity contribution in [2.24, 2.45) is 11.8 Å². The van der Waals surface area contributed by atoms with Crippen LogP contribution >= 0.6 is 0 Å². The maximum absolute atomic E-state index is 13.4. The fourth-order valence-corrected chi connectivity index (χ4v) is 2.95. The quantitative estimate of drug-likeness (QED) is 0.760. The smallest absolute Gasteiger partial charge is 0.166 e. The second kappa shape index (κ2) is 6.18. The summed E-state index contributed by atoms with van der Waals surface area (Å²) in [6.45, 7) is 2.18. The first-order chi connectivity index (χ1) is 9.15. The lowest BCUT2D eigenvalue weighted by atomic mass is 9.77. The van der Waals surface area contributed by atoms with Gasteiger partial charge < -0.3 is 4.74 Å². The first kappa shape index (κ1) is 14.0. The van der Waals surface area contributed by atoms with Crippen molar-refractivity contribution in [2.75, 3.05) is 7.11 Å². The van der Waals surface area contributed by atoms with Gasteiger partial charge in [-0.1, -0.05) is 26.2 Å². The zero-order chi connectivity index (χ0) is 13.8. The van der Waals surface area contributed by atoms with Gasteiger partial charge in [-0.2, -0.15) is 0 Å². The first-order valence-corrected chi connectivity index (χ1v) is 7.03. The molecule has 0 bridgehead atoms. The average molecular weight is 264 g/mol. The SMILES string of the molecule is CCC1CCCC(C(=O)c2ccc(F)c(OC)c2)C1. The Morgan fingerprint density at radius 1 is 1.42 bits per heavy atom. The van der Waals surface area contributed by atoms with Crippen LogP contribution in [0.1, 0.15) is 49.4 Å². The highest BCUT2D eigenvalue weighted by Gasteiger charge is 2.27. The van der Waals surface area contributed by atoms with Gasteiger partial charge in [-0.05, 0) is 37.0 Å². The topological polar surface area (TPSA) is 26.3 Å². The third-order valence-electron chi connectivity index (χ3n) is 4.17. The molecule has 1 aliphatic rings. The Morgan fingerprint density at radius 3 is 2.89 bits per heavy atom. The molecule has 2 rings (SSSR count). The Balaban J connectivity index is 2.14. The normalized spacial score (nSPS) is 23.1. The Labute approximate surface area is 114 Å². The number of halogens is 1. The lowest BCUT2D eigenvalue weighted by molar-refractivity contribution is 0.0861. The molecule has 1 aliphatic carbocycles. The molecular formula is C16H21FO2. The zero-order valence-corrected chi connectivity index (χ0v) is 11.6. The first-order valence-electron chi connectivity index (χ1n) is 7.03. The Hall–Kier alpha value is -1.38. The second-order valence-electron chi connectivity index (χ2n) is 5.35. The van der Waals surface area contributed by atoms with Gasteiger partial charge in [0.15, 0.2) is 17.3 Å². The van der Waals surface area contributed by atoms with E-state index in [-0.39, 0.29) is 17.5 Å². The Bertz CT molecular complexity index is 456. The summed E-state index contributed by atoms with van der Waals surface area (Å²) in [5.41, 5.74) is 0.569. The highest BCUT2D eigenvalue weighted by molar-refractivity contribution is 5.98. The molecular weight excluding hydrogens is 243 g/mol. The molecule has 0 spiro atoms. The van der Waals surface area contributed by atoms with Gasteiger partial charge in [-0.15, -0.1) is 0 Å². The molecule has 0 radical (unpaired) electrons. The maximum atomic E-state index is 13.4. The van der Waals surface area contributed by atoms with Crippen LogP contribution in [-0.4, -0.2) is 12.9 Å². The number of ketones is 1. The second-order valence-corrected chi connectivity index (χ2v) is 5.35. The van der Waals surface area contributed by atoms with Crippen LogP contribution in [0.3, 0.4) is 0 Å². The van der Waals surface area contributed by atoms with E-state index in [1.165, 1.54) is 25.7 Å². The number of carbonyl (C=O) groups excluding carboxylic acids is 1. The maximum Gasteiger partial charge on any atom is 0.166 e. The minimum Gasteiger partial charge on any atom is -0.494 e. The molecule has 0 aromatic heterocycles. The molecule has 1 saturated carbocycles. The third kappa shape index (κ3) is 3.14. The van der Waals surface area contributed by atoms with Gasteiger partial charge in [-0.25, -0.2) is 4.39 Å². The van der Waals surface area contributed by atoms with Crippen molar-refractivity contribution in [3.05, 3.63) is 29.6 Å².